The van der Waals surface area contributed by atoms with Gasteiger partial charge in [-0.15, -0.1) is 0 Å². The summed E-state index contributed by atoms with van der Waals surface area (Å²) in [5.41, 5.74) is 0. The molecule has 7 heteroatoms. The summed E-state index contributed by atoms with van der Waals surface area (Å²) < 4.78 is 33.5. The van der Waals surface area contributed by atoms with Crippen molar-refractivity contribution in [1.29, 1.82) is 0 Å². The van der Waals surface area contributed by atoms with Gasteiger partial charge in [0.15, 0.2) is 0 Å². The summed E-state index contributed by atoms with van der Waals surface area (Å²) in [6, 6.07) is 0. The fourth-order valence-corrected chi connectivity index (χ4v) is 4.67. The molecule has 0 N–H and O–H groups in total. The van der Waals surface area contributed by atoms with E-state index in [9.17, 15) is 0 Å². The molecule has 2 rings (SSSR count). The molecular weight excluding hydrogens is 343 g/mol. The van der Waals surface area contributed by atoms with Crippen molar-refractivity contribution in [2.75, 3.05) is 66.1 Å². The average Bonchev–Trinajstić information content (AvgIpc) is 2.93. The Hall–Kier alpha value is 0.279. The molecule has 0 saturated carbocycles. The first-order valence-electron chi connectivity index (χ1n) is 7.59. The summed E-state index contributed by atoms with van der Waals surface area (Å²) in [6.07, 6.45) is 0.458. The predicted molar refractivity (Wildman–Crippen MR) is 78.1 cm³/mol. The molecule has 0 bridgehead atoms. The van der Waals surface area contributed by atoms with Crippen molar-refractivity contribution < 1.29 is 28.4 Å². The van der Waals surface area contributed by atoms with Crippen molar-refractivity contribution in [3.05, 3.63) is 0 Å². The SMILES string of the molecule is C1COCCOCCOC2C[Se]CC2OCCOCCO1. The van der Waals surface area contributed by atoms with Gasteiger partial charge in [-0.2, -0.15) is 0 Å². The van der Waals surface area contributed by atoms with Gasteiger partial charge in [-0.3, -0.25) is 0 Å². The molecule has 2 aliphatic heterocycles. The molecule has 2 aliphatic rings. The average molecular weight is 369 g/mol. The Bertz CT molecular complexity index is 232. The van der Waals surface area contributed by atoms with Crippen molar-refractivity contribution in [2.24, 2.45) is 0 Å². The first-order chi connectivity index (χ1) is 10.5. The molecule has 2 heterocycles. The molecule has 0 aliphatic carbocycles. The topological polar surface area (TPSA) is 55.4 Å². The van der Waals surface area contributed by atoms with Crippen molar-refractivity contribution >= 4 is 15.0 Å². The molecule has 2 unspecified atom stereocenters. The second-order valence-electron chi connectivity index (χ2n) is 4.81. The van der Waals surface area contributed by atoms with Gasteiger partial charge in [-0.25, -0.2) is 0 Å². The molecule has 0 aromatic heterocycles. The fraction of sp³-hybridized carbons (Fsp3) is 1.00. The van der Waals surface area contributed by atoms with Crippen LogP contribution in [0.1, 0.15) is 0 Å². The van der Waals surface area contributed by atoms with Crippen molar-refractivity contribution in [3.63, 3.8) is 0 Å². The van der Waals surface area contributed by atoms with Crippen molar-refractivity contribution in [2.45, 2.75) is 22.8 Å². The van der Waals surface area contributed by atoms with Crippen LogP contribution >= 0.6 is 0 Å². The van der Waals surface area contributed by atoms with Crippen LogP contribution in [0.4, 0.5) is 0 Å². The second-order valence-corrected chi connectivity index (χ2v) is 7.06. The molecule has 0 amide bonds. The number of hydrogen-bond acceptors (Lipinski definition) is 6. The van der Waals surface area contributed by atoms with Gasteiger partial charge in [0.1, 0.15) is 0 Å². The molecule has 21 heavy (non-hydrogen) atoms. The van der Waals surface area contributed by atoms with Crippen LogP contribution < -0.4 is 0 Å². The Morgan fingerprint density at radius 3 is 1.19 bits per heavy atom. The molecule has 6 nitrogen and oxygen atoms in total. The first kappa shape index (κ1) is 17.6. The third kappa shape index (κ3) is 7.90. The Morgan fingerprint density at radius 2 is 0.810 bits per heavy atom. The maximum absolute atomic E-state index is 5.88. The van der Waals surface area contributed by atoms with E-state index in [-0.39, 0.29) is 12.2 Å². The Morgan fingerprint density at radius 1 is 0.476 bits per heavy atom. The van der Waals surface area contributed by atoms with E-state index in [0.717, 1.165) is 10.6 Å². The summed E-state index contributed by atoms with van der Waals surface area (Å²) in [4.78, 5) is 0. The van der Waals surface area contributed by atoms with Crippen LogP contribution in [0, 0.1) is 0 Å². The molecule has 0 aromatic rings. The van der Waals surface area contributed by atoms with Crippen LogP contribution in [-0.4, -0.2) is 93.2 Å². The summed E-state index contributed by atoms with van der Waals surface area (Å²) >= 11 is 0.636. The number of hydrogen-bond donors (Lipinski definition) is 0. The second kappa shape index (κ2) is 11.8. The van der Waals surface area contributed by atoms with Crippen LogP contribution in [0.25, 0.3) is 0 Å². The van der Waals surface area contributed by atoms with E-state index in [1.54, 1.807) is 0 Å². The molecular formula is C14H26O6Se. The summed E-state index contributed by atoms with van der Waals surface area (Å²) in [5, 5.41) is 2.27. The van der Waals surface area contributed by atoms with Gasteiger partial charge in [-0.1, -0.05) is 0 Å². The fourth-order valence-electron chi connectivity index (χ4n) is 2.10. The maximum atomic E-state index is 5.88. The third-order valence-corrected chi connectivity index (χ3v) is 5.58. The molecule has 2 fully saturated rings. The van der Waals surface area contributed by atoms with E-state index in [1.807, 2.05) is 0 Å². The van der Waals surface area contributed by atoms with Crippen LogP contribution in [0.5, 0.6) is 0 Å². The summed E-state index contributed by atoms with van der Waals surface area (Å²) in [7, 11) is 0. The first-order valence-corrected chi connectivity index (χ1v) is 10.0. The van der Waals surface area contributed by atoms with Gasteiger partial charge >= 0.3 is 132 Å². The van der Waals surface area contributed by atoms with Gasteiger partial charge < -0.3 is 0 Å². The van der Waals surface area contributed by atoms with E-state index in [1.165, 1.54) is 0 Å². The van der Waals surface area contributed by atoms with E-state index in [4.69, 9.17) is 28.4 Å². The van der Waals surface area contributed by atoms with E-state index < -0.39 is 0 Å². The third-order valence-electron chi connectivity index (χ3n) is 3.21. The standard InChI is InChI=1S/C14H26O6Se/c1-2-16-4-6-18-8-10-20-14-12-21-11-13(14)19-9-7-17-5-3-15-1/h13-14H,1-12H2. The van der Waals surface area contributed by atoms with E-state index in [2.05, 4.69) is 0 Å². The zero-order chi connectivity index (χ0) is 14.6. The minimum atomic E-state index is 0.229. The van der Waals surface area contributed by atoms with Gasteiger partial charge in [0.05, 0.1) is 0 Å². The number of rotatable bonds is 0. The molecule has 2 atom stereocenters. The van der Waals surface area contributed by atoms with Crippen molar-refractivity contribution in [1.82, 2.24) is 0 Å². The zero-order valence-electron chi connectivity index (χ0n) is 12.5. The monoisotopic (exact) mass is 370 g/mol. The summed E-state index contributed by atoms with van der Waals surface area (Å²) in [5.74, 6) is 0. The molecule has 0 aromatic carbocycles. The summed E-state index contributed by atoms with van der Waals surface area (Å²) in [6.45, 7) is 6.04. The van der Waals surface area contributed by atoms with Gasteiger partial charge in [-0.05, 0) is 0 Å². The van der Waals surface area contributed by atoms with Gasteiger partial charge in [0, 0.05) is 0 Å². The molecule has 2 saturated heterocycles. The van der Waals surface area contributed by atoms with Gasteiger partial charge in [0.25, 0.3) is 0 Å². The Labute approximate surface area is 132 Å². The number of fused-ring (bicyclic) bond motifs is 1. The van der Waals surface area contributed by atoms with Crippen LogP contribution in [-0.2, 0) is 28.4 Å². The Kier molecular flexibility index (Phi) is 9.90. The molecule has 0 spiro atoms. The van der Waals surface area contributed by atoms with Gasteiger partial charge in [0.2, 0.25) is 0 Å². The number of ether oxygens (including phenoxy) is 6. The van der Waals surface area contributed by atoms with Crippen LogP contribution in [0.15, 0.2) is 0 Å². The predicted octanol–water partition coefficient (Wildman–Crippen LogP) is 0.391. The Balaban J connectivity index is 1.65. The zero-order valence-corrected chi connectivity index (χ0v) is 14.2. The van der Waals surface area contributed by atoms with Crippen molar-refractivity contribution in [3.8, 4) is 0 Å². The molecule has 124 valence electrons. The van der Waals surface area contributed by atoms with E-state index >= 15 is 0 Å². The quantitative estimate of drug-likeness (QED) is 0.576. The van der Waals surface area contributed by atoms with E-state index in [0.29, 0.717) is 81.0 Å². The molecule has 0 radical (unpaired) electrons. The van der Waals surface area contributed by atoms with Crippen LogP contribution in [0.2, 0.25) is 10.6 Å². The van der Waals surface area contributed by atoms with Crippen LogP contribution in [0.3, 0.4) is 0 Å². The minimum absolute atomic E-state index is 0.229. The normalized spacial score (nSPS) is 32.0.